The number of aryl methyl sites for hydroxylation is 1. The number of aromatic nitrogens is 1. The number of aliphatic hydroxyl groups is 1. The van der Waals surface area contributed by atoms with Crippen LogP contribution in [0.25, 0.3) is 0 Å². The summed E-state index contributed by atoms with van der Waals surface area (Å²) >= 11 is 0. The summed E-state index contributed by atoms with van der Waals surface area (Å²) in [5.74, 6) is 2.64. The van der Waals surface area contributed by atoms with Gasteiger partial charge in [-0.2, -0.15) is 0 Å². The molecule has 1 saturated heterocycles. The lowest BCUT2D eigenvalue weighted by Crippen LogP contribution is -2.36. The molecule has 1 saturated carbocycles. The first-order chi connectivity index (χ1) is 14.0. The predicted octanol–water partition coefficient (Wildman–Crippen LogP) is 3.15. The smallest absolute Gasteiger partial charge is 0.203 e. The SMILES string of the molecule is COc1cc(CN2C[C@@H]3CC[C@@](O)(c4ncccc4C)[C@@H]3C2)cc(OC)c1OC. The maximum atomic E-state index is 11.6. The topological polar surface area (TPSA) is 64.1 Å². The van der Waals surface area contributed by atoms with E-state index in [1.165, 1.54) is 0 Å². The van der Waals surface area contributed by atoms with E-state index in [4.69, 9.17) is 14.2 Å². The Bertz CT molecular complexity index is 862. The van der Waals surface area contributed by atoms with Crippen molar-refractivity contribution in [3.63, 3.8) is 0 Å². The summed E-state index contributed by atoms with van der Waals surface area (Å²) in [4.78, 5) is 6.97. The van der Waals surface area contributed by atoms with Gasteiger partial charge >= 0.3 is 0 Å². The molecule has 1 aromatic heterocycles. The number of hydrogen-bond acceptors (Lipinski definition) is 6. The average molecular weight is 399 g/mol. The van der Waals surface area contributed by atoms with Crippen molar-refractivity contribution in [2.45, 2.75) is 31.9 Å². The quantitative estimate of drug-likeness (QED) is 0.807. The van der Waals surface area contributed by atoms with Gasteiger partial charge in [0, 0.05) is 31.7 Å². The highest BCUT2D eigenvalue weighted by Gasteiger charge is 2.53. The van der Waals surface area contributed by atoms with Crippen LogP contribution < -0.4 is 14.2 Å². The highest BCUT2D eigenvalue weighted by atomic mass is 16.5. The van der Waals surface area contributed by atoms with Gasteiger partial charge < -0.3 is 19.3 Å². The highest BCUT2D eigenvalue weighted by molar-refractivity contribution is 5.53. The van der Waals surface area contributed by atoms with Crippen LogP contribution in [0, 0.1) is 18.8 Å². The van der Waals surface area contributed by atoms with Crippen LogP contribution in [0.15, 0.2) is 30.5 Å². The molecule has 1 N–H and O–H groups in total. The minimum Gasteiger partial charge on any atom is -0.493 e. The fraction of sp³-hybridized carbons (Fsp3) is 0.522. The van der Waals surface area contributed by atoms with E-state index in [0.29, 0.717) is 23.2 Å². The van der Waals surface area contributed by atoms with Crippen molar-refractivity contribution in [3.8, 4) is 17.2 Å². The van der Waals surface area contributed by atoms with E-state index < -0.39 is 5.60 Å². The number of rotatable bonds is 6. The van der Waals surface area contributed by atoms with Gasteiger partial charge in [0.05, 0.1) is 27.0 Å². The second kappa shape index (κ2) is 7.84. The minimum atomic E-state index is -0.833. The van der Waals surface area contributed by atoms with E-state index in [-0.39, 0.29) is 5.92 Å². The van der Waals surface area contributed by atoms with Gasteiger partial charge in [-0.25, -0.2) is 0 Å². The van der Waals surface area contributed by atoms with Crippen molar-refractivity contribution < 1.29 is 19.3 Å². The lowest BCUT2D eigenvalue weighted by Gasteiger charge is -2.31. The van der Waals surface area contributed by atoms with E-state index in [0.717, 1.165) is 49.3 Å². The molecule has 0 bridgehead atoms. The van der Waals surface area contributed by atoms with Crippen molar-refractivity contribution in [2.24, 2.45) is 11.8 Å². The van der Waals surface area contributed by atoms with E-state index in [9.17, 15) is 5.11 Å². The summed E-state index contributed by atoms with van der Waals surface area (Å²) in [5.41, 5.74) is 2.19. The van der Waals surface area contributed by atoms with Crippen molar-refractivity contribution >= 4 is 0 Å². The lowest BCUT2D eigenvalue weighted by atomic mass is 9.83. The van der Waals surface area contributed by atoms with Crippen molar-refractivity contribution in [1.29, 1.82) is 0 Å². The Morgan fingerprint density at radius 2 is 1.86 bits per heavy atom. The van der Waals surface area contributed by atoms with Gasteiger partial charge in [0.15, 0.2) is 11.5 Å². The van der Waals surface area contributed by atoms with Crippen molar-refractivity contribution in [2.75, 3.05) is 34.4 Å². The summed E-state index contributed by atoms with van der Waals surface area (Å²) < 4.78 is 16.4. The molecule has 0 unspecified atom stereocenters. The van der Waals surface area contributed by atoms with Crippen LogP contribution in [0.2, 0.25) is 0 Å². The highest BCUT2D eigenvalue weighted by Crippen LogP contribution is 2.51. The monoisotopic (exact) mass is 398 g/mol. The first-order valence-corrected chi connectivity index (χ1v) is 10.2. The largest absolute Gasteiger partial charge is 0.493 e. The molecule has 1 aliphatic heterocycles. The molecule has 2 fully saturated rings. The molecular weight excluding hydrogens is 368 g/mol. The lowest BCUT2D eigenvalue weighted by molar-refractivity contribution is -0.0114. The Morgan fingerprint density at radius 1 is 1.14 bits per heavy atom. The van der Waals surface area contributed by atoms with Crippen molar-refractivity contribution in [1.82, 2.24) is 9.88 Å². The molecule has 4 rings (SSSR count). The number of pyridine rings is 1. The second-order valence-corrected chi connectivity index (χ2v) is 8.23. The van der Waals surface area contributed by atoms with Gasteiger partial charge in [0.1, 0.15) is 5.60 Å². The zero-order chi connectivity index (χ0) is 20.6. The van der Waals surface area contributed by atoms with Crippen LogP contribution in [0.3, 0.4) is 0 Å². The summed E-state index contributed by atoms with van der Waals surface area (Å²) in [6.45, 7) is 4.65. The molecule has 29 heavy (non-hydrogen) atoms. The van der Waals surface area contributed by atoms with E-state index in [2.05, 4.69) is 9.88 Å². The number of fused-ring (bicyclic) bond motifs is 1. The molecule has 2 aromatic rings. The van der Waals surface area contributed by atoms with Gasteiger partial charge in [0.2, 0.25) is 5.75 Å². The summed E-state index contributed by atoms with van der Waals surface area (Å²) in [6.07, 6.45) is 3.61. The first kappa shape index (κ1) is 20.0. The predicted molar refractivity (Wildman–Crippen MR) is 110 cm³/mol. The third kappa shape index (κ3) is 3.45. The van der Waals surface area contributed by atoms with Crippen LogP contribution in [0.1, 0.15) is 29.7 Å². The summed E-state index contributed by atoms with van der Waals surface area (Å²) in [6, 6.07) is 7.98. The van der Waals surface area contributed by atoms with Gasteiger partial charge in [0.25, 0.3) is 0 Å². The number of ether oxygens (including phenoxy) is 3. The molecule has 0 spiro atoms. The zero-order valence-corrected chi connectivity index (χ0v) is 17.6. The number of nitrogens with zero attached hydrogens (tertiary/aromatic N) is 2. The summed E-state index contributed by atoms with van der Waals surface area (Å²) in [7, 11) is 4.88. The normalized spacial score (nSPS) is 26.4. The molecule has 0 amide bonds. The summed E-state index contributed by atoms with van der Waals surface area (Å²) in [5, 5.41) is 11.6. The Labute approximate surface area is 172 Å². The Kier molecular flexibility index (Phi) is 5.40. The first-order valence-electron chi connectivity index (χ1n) is 10.2. The third-order valence-corrected chi connectivity index (χ3v) is 6.58. The van der Waals surface area contributed by atoms with Crippen LogP contribution in [0.4, 0.5) is 0 Å². The van der Waals surface area contributed by atoms with E-state index in [1.807, 2.05) is 31.2 Å². The van der Waals surface area contributed by atoms with Crippen LogP contribution in [-0.2, 0) is 12.1 Å². The van der Waals surface area contributed by atoms with Crippen molar-refractivity contribution in [3.05, 3.63) is 47.3 Å². The van der Waals surface area contributed by atoms with Gasteiger partial charge in [-0.15, -0.1) is 0 Å². The Morgan fingerprint density at radius 3 is 2.48 bits per heavy atom. The maximum absolute atomic E-state index is 11.6. The zero-order valence-electron chi connectivity index (χ0n) is 17.6. The second-order valence-electron chi connectivity index (χ2n) is 8.23. The Balaban J connectivity index is 1.55. The molecule has 1 aliphatic carbocycles. The number of likely N-dealkylation sites (tertiary alicyclic amines) is 1. The number of hydrogen-bond donors (Lipinski definition) is 1. The molecule has 6 nitrogen and oxygen atoms in total. The molecule has 2 aliphatic rings. The van der Waals surface area contributed by atoms with Crippen LogP contribution in [0.5, 0.6) is 17.2 Å². The average Bonchev–Trinajstić information content (AvgIpc) is 3.27. The van der Waals surface area contributed by atoms with E-state index >= 15 is 0 Å². The maximum Gasteiger partial charge on any atom is 0.203 e. The standard InChI is InChI=1S/C23H30N2O4/c1-15-6-5-9-24-22(15)23(26)8-7-17-13-25(14-18(17)23)12-16-10-19(27-2)21(29-4)20(11-16)28-3/h5-6,9-11,17-18,26H,7-8,12-14H2,1-4H3/t17-,18+,23-/m0/s1. The molecular formula is C23H30N2O4. The molecule has 156 valence electrons. The molecule has 2 heterocycles. The van der Waals surface area contributed by atoms with Gasteiger partial charge in [-0.1, -0.05) is 6.07 Å². The molecule has 6 heteroatoms. The van der Waals surface area contributed by atoms with Gasteiger partial charge in [-0.3, -0.25) is 9.88 Å². The molecule has 0 radical (unpaired) electrons. The molecule has 3 atom stereocenters. The number of methoxy groups -OCH3 is 3. The van der Waals surface area contributed by atoms with Crippen LogP contribution >= 0.6 is 0 Å². The number of benzene rings is 1. The minimum absolute atomic E-state index is 0.207. The fourth-order valence-electron chi connectivity index (χ4n) is 5.23. The van der Waals surface area contributed by atoms with E-state index in [1.54, 1.807) is 27.5 Å². The Hall–Kier alpha value is -2.31. The van der Waals surface area contributed by atoms with Gasteiger partial charge in [-0.05, 0) is 55.0 Å². The third-order valence-electron chi connectivity index (χ3n) is 6.58. The van der Waals surface area contributed by atoms with Crippen LogP contribution in [-0.4, -0.2) is 49.4 Å². The fourth-order valence-corrected chi connectivity index (χ4v) is 5.23. The molecule has 1 aromatic carbocycles.